The first-order chi connectivity index (χ1) is 10.7. The van der Waals surface area contributed by atoms with E-state index in [-0.39, 0.29) is 6.29 Å². The number of nitrogens with one attached hydrogen (secondary N) is 2. The number of halogens is 1. The lowest BCUT2D eigenvalue weighted by molar-refractivity contribution is -0.382. The van der Waals surface area contributed by atoms with Crippen molar-refractivity contribution >= 4 is 34.1 Å². The third kappa shape index (κ3) is 2.31. The summed E-state index contributed by atoms with van der Waals surface area (Å²) < 4.78 is 11.1. The van der Waals surface area contributed by atoms with Crippen LogP contribution in [-0.2, 0) is 9.47 Å². The molecule has 7 heteroatoms. The van der Waals surface area contributed by atoms with Crippen LogP contribution in [0.3, 0.4) is 0 Å². The smallest absolute Gasteiger partial charge is 0.192 e. The molecule has 1 aromatic carbocycles. The van der Waals surface area contributed by atoms with Crippen molar-refractivity contribution in [2.45, 2.75) is 19.5 Å². The fourth-order valence-electron chi connectivity index (χ4n) is 2.48. The summed E-state index contributed by atoms with van der Waals surface area (Å²) in [4.78, 5) is 11.7. The van der Waals surface area contributed by atoms with E-state index >= 15 is 0 Å². The van der Waals surface area contributed by atoms with Crippen LogP contribution in [0.15, 0.2) is 36.8 Å². The first-order valence-electron chi connectivity index (χ1n) is 6.86. The van der Waals surface area contributed by atoms with Crippen LogP contribution in [0, 0.1) is 0 Å². The maximum absolute atomic E-state index is 6.02. The van der Waals surface area contributed by atoms with E-state index in [0.29, 0.717) is 10.8 Å². The summed E-state index contributed by atoms with van der Waals surface area (Å²) in [5.74, 6) is 0.676. The summed E-state index contributed by atoms with van der Waals surface area (Å²) in [6.45, 7) is 1.85. The highest BCUT2D eigenvalue weighted by Crippen LogP contribution is 2.38. The Morgan fingerprint density at radius 1 is 1.27 bits per heavy atom. The fourth-order valence-corrected chi connectivity index (χ4v) is 2.67. The van der Waals surface area contributed by atoms with Gasteiger partial charge < -0.3 is 19.8 Å². The van der Waals surface area contributed by atoms with Crippen molar-refractivity contribution in [1.29, 1.82) is 0 Å². The number of fused-ring (bicyclic) bond motifs is 1. The molecule has 1 aliphatic heterocycles. The Morgan fingerprint density at radius 2 is 2.14 bits per heavy atom. The van der Waals surface area contributed by atoms with Crippen LogP contribution in [0.4, 0.5) is 11.5 Å². The molecule has 1 aliphatic rings. The lowest BCUT2D eigenvalue weighted by Gasteiger charge is -2.33. The van der Waals surface area contributed by atoms with Gasteiger partial charge in [-0.3, -0.25) is 0 Å². The van der Waals surface area contributed by atoms with Crippen molar-refractivity contribution in [3.05, 3.63) is 47.4 Å². The zero-order chi connectivity index (χ0) is 15.1. The number of aromatic amines is 1. The monoisotopic (exact) mass is 316 g/mol. The predicted molar refractivity (Wildman–Crippen MR) is 83.0 cm³/mol. The number of ether oxygens (including phenoxy) is 2. The van der Waals surface area contributed by atoms with E-state index in [0.717, 1.165) is 22.3 Å². The van der Waals surface area contributed by atoms with Crippen LogP contribution in [0.5, 0.6) is 0 Å². The molecule has 0 amide bonds. The van der Waals surface area contributed by atoms with Crippen molar-refractivity contribution in [3.8, 4) is 0 Å². The second-order valence-electron chi connectivity index (χ2n) is 5.00. The molecule has 6 nitrogen and oxygen atoms in total. The Kier molecular flexibility index (Phi) is 3.22. The number of rotatable bonds is 3. The molecule has 0 atom stereocenters. The molecule has 2 aromatic heterocycles. The summed E-state index contributed by atoms with van der Waals surface area (Å²) in [6.07, 6.45) is 2.75. The summed E-state index contributed by atoms with van der Waals surface area (Å²) in [5.41, 5.74) is 2.45. The summed E-state index contributed by atoms with van der Waals surface area (Å²) in [7, 11) is 0. The molecule has 1 fully saturated rings. The Morgan fingerprint density at radius 3 is 2.91 bits per heavy atom. The van der Waals surface area contributed by atoms with Gasteiger partial charge in [0, 0.05) is 22.5 Å². The summed E-state index contributed by atoms with van der Waals surface area (Å²) in [6, 6.07) is 7.45. The number of benzene rings is 1. The maximum atomic E-state index is 6.02. The standard InChI is InChI=1S/C15H13ClN4O2/c1-8-21-15(22-8)11-6-17-13-12(11)14(19-7-18-13)20-10-4-2-3-9(16)5-10/h2-8,15H,1H3,(H2,17,18,19,20). The average molecular weight is 317 g/mol. The third-order valence-electron chi connectivity index (χ3n) is 3.47. The third-order valence-corrected chi connectivity index (χ3v) is 3.71. The van der Waals surface area contributed by atoms with Gasteiger partial charge in [-0.25, -0.2) is 9.97 Å². The van der Waals surface area contributed by atoms with Gasteiger partial charge >= 0.3 is 0 Å². The van der Waals surface area contributed by atoms with Crippen LogP contribution in [0.1, 0.15) is 18.8 Å². The largest absolute Gasteiger partial charge is 0.346 e. The van der Waals surface area contributed by atoms with Gasteiger partial charge in [0.05, 0.1) is 5.39 Å². The Labute approximate surface area is 131 Å². The van der Waals surface area contributed by atoms with Gasteiger partial charge in [0.25, 0.3) is 0 Å². The highest BCUT2D eigenvalue weighted by atomic mass is 35.5. The molecule has 4 rings (SSSR count). The van der Waals surface area contributed by atoms with E-state index in [1.165, 1.54) is 6.33 Å². The van der Waals surface area contributed by atoms with E-state index in [1.807, 2.05) is 37.4 Å². The fraction of sp³-hybridized carbons (Fsp3) is 0.200. The number of H-pyrrole nitrogens is 1. The molecule has 2 N–H and O–H groups in total. The van der Waals surface area contributed by atoms with Gasteiger partial charge in [-0.15, -0.1) is 0 Å². The van der Waals surface area contributed by atoms with Gasteiger partial charge in [0.2, 0.25) is 0 Å². The molecular formula is C15H13ClN4O2. The van der Waals surface area contributed by atoms with Gasteiger partial charge in [-0.05, 0) is 25.1 Å². The molecule has 0 aliphatic carbocycles. The molecule has 3 heterocycles. The molecule has 3 aromatic rings. The summed E-state index contributed by atoms with van der Waals surface area (Å²) >= 11 is 6.02. The molecule has 0 saturated carbocycles. The quantitative estimate of drug-likeness (QED) is 0.770. The molecular weight excluding hydrogens is 304 g/mol. The maximum Gasteiger partial charge on any atom is 0.192 e. The van der Waals surface area contributed by atoms with Crippen LogP contribution in [0.2, 0.25) is 5.02 Å². The van der Waals surface area contributed by atoms with Gasteiger partial charge in [0.15, 0.2) is 12.6 Å². The SMILES string of the molecule is CC1OC(c2c[nH]c3ncnc(Nc4cccc(Cl)c4)c23)O1. The van der Waals surface area contributed by atoms with E-state index < -0.39 is 6.29 Å². The average Bonchev–Trinajstić information content (AvgIpc) is 2.89. The molecule has 1 saturated heterocycles. The zero-order valence-electron chi connectivity index (χ0n) is 11.7. The number of hydrogen-bond donors (Lipinski definition) is 2. The predicted octanol–water partition coefficient (Wildman–Crippen LogP) is 3.75. The lowest BCUT2D eigenvalue weighted by Crippen LogP contribution is -2.31. The number of anilines is 2. The number of nitrogens with zero attached hydrogens (tertiary/aromatic N) is 2. The van der Waals surface area contributed by atoms with Crippen molar-refractivity contribution in [2.75, 3.05) is 5.32 Å². The molecule has 0 bridgehead atoms. The van der Waals surface area contributed by atoms with Crippen LogP contribution in [-0.4, -0.2) is 21.2 Å². The first kappa shape index (κ1) is 13.5. The molecule has 0 unspecified atom stereocenters. The van der Waals surface area contributed by atoms with Gasteiger partial charge in [-0.1, -0.05) is 17.7 Å². The van der Waals surface area contributed by atoms with Crippen molar-refractivity contribution in [1.82, 2.24) is 15.0 Å². The number of hydrogen-bond acceptors (Lipinski definition) is 5. The minimum Gasteiger partial charge on any atom is -0.346 e. The van der Waals surface area contributed by atoms with Crippen LogP contribution in [0.25, 0.3) is 11.0 Å². The van der Waals surface area contributed by atoms with Crippen LogP contribution >= 0.6 is 11.6 Å². The van der Waals surface area contributed by atoms with Crippen molar-refractivity contribution < 1.29 is 9.47 Å². The van der Waals surface area contributed by atoms with Crippen molar-refractivity contribution in [2.24, 2.45) is 0 Å². The van der Waals surface area contributed by atoms with Crippen molar-refractivity contribution in [3.63, 3.8) is 0 Å². The molecule has 112 valence electrons. The topological polar surface area (TPSA) is 72.1 Å². The summed E-state index contributed by atoms with van der Waals surface area (Å²) in [5, 5.41) is 4.77. The minimum absolute atomic E-state index is 0.191. The Bertz CT molecular complexity index is 829. The number of aromatic nitrogens is 3. The van der Waals surface area contributed by atoms with E-state index in [9.17, 15) is 0 Å². The minimum atomic E-state index is -0.394. The van der Waals surface area contributed by atoms with Gasteiger partial charge in [0.1, 0.15) is 17.8 Å². The molecule has 0 spiro atoms. The zero-order valence-corrected chi connectivity index (χ0v) is 12.5. The lowest BCUT2D eigenvalue weighted by atomic mass is 10.2. The second kappa shape index (κ2) is 5.24. The molecule has 0 radical (unpaired) electrons. The highest BCUT2D eigenvalue weighted by Gasteiger charge is 2.31. The van der Waals surface area contributed by atoms with Gasteiger partial charge in [-0.2, -0.15) is 0 Å². The highest BCUT2D eigenvalue weighted by molar-refractivity contribution is 6.30. The Balaban J connectivity index is 1.75. The van der Waals surface area contributed by atoms with E-state index in [1.54, 1.807) is 0 Å². The first-order valence-corrected chi connectivity index (χ1v) is 7.24. The van der Waals surface area contributed by atoms with E-state index in [2.05, 4.69) is 20.3 Å². The van der Waals surface area contributed by atoms with E-state index in [4.69, 9.17) is 21.1 Å². The Hall–Kier alpha value is -2.15. The normalized spacial score (nSPS) is 20.8. The molecule has 22 heavy (non-hydrogen) atoms. The van der Waals surface area contributed by atoms with Crippen LogP contribution < -0.4 is 5.32 Å². The second-order valence-corrected chi connectivity index (χ2v) is 5.43.